The normalized spacial score (nSPS) is 23.4. The fourth-order valence-electron chi connectivity index (χ4n) is 7.23. The van der Waals surface area contributed by atoms with Crippen LogP contribution >= 0.6 is 11.3 Å². The van der Waals surface area contributed by atoms with Gasteiger partial charge in [0.25, 0.3) is 5.91 Å². The van der Waals surface area contributed by atoms with Crippen molar-refractivity contribution in [2.75, 3.05) is 44.2 Å². The Bertz CT molecular complexity index is 1860. The number of amides is 1. The lowest BCUT2D eigenvalue weighted by Crippen LogP contribution is -2.55. The summed E-state index contributed by atoms with van der Waals surface area (Å²) in [5.41, 5.74) is 1.18. The van der Waals surface area contributed by atoms with Gasteiger partial charge in [-0.1, -0.05) is 24.8 Å². The third-order valence-corrected chi connectivity index (χ3v) is 10.3. The summed E-state index contributed by atoms with van der Waals surface area (Å²) >= 11 is 1.53. The number of anilines is 1. The van der Waals surface area contributed by atoms with E-state index in [0.29, 0.717) is 35.2 Å². The maximum absolute atomic E-state index is 16.0. The second-order valence-corrected chi connectivity index (χ2v) is 13.0. The molecule has 5 heterocycles. The van der Waals surface area contributed by atoms with E-state index < -0.39 is 35.3 Å². The Morgan fingerprint density at radius 2 is 2.04 bits per heavy atom. The van der Waals surface area contributed by atoms with Crippen LogP contribution in [0.15, 0.2) is 54.2 Å². The molecule has 3 saturated heterocycles. The van der Waals surface area contributed by atoms with Crippen molar-refractivity contribution in [1.29, 1.82) is 5.26 Å². The maximum Gasteiger partial charge on any atom is 0.319 e. The van der Waals surface area contributed by atoms with Crippen molar-refractivity contribution in [3.05, 3.63) is 60.0 Å². The minimum Gasteiger partial charge on any atom is -0.461 e. The molecule has 0 radical (unpaired) electrons. The zero-order valence-electron chi connectivity index (χ0n) is 24.5. The number of alkyl halides is 1. The molecule has 0 N–H and O–H groups in total. The zero-order chi connectivity index (χ0) is 31.3. The predicted octanol–water partition coefficient (Wildman–Crippen LogP) is 6.02. The van der Waals surface area contributed by atoms with E-state index in [1.807, 2.05) is 34.5 Å². The molecule has 12 heteroatoms. The van der Waals surface area contributed by atoms with Crippen LogP contribution in [0.3, 0.4) is 0 Å². The summed E-state index contributed by atoms with van der Waals surface area (Å²) < 4.78 is 51.5. The van der Waals surface area contributed by atoms with Crippen LogP contribution in [0, 0.1) is 17.1 Å². The van der Waals surface area contributed by atoms with Gasteiger partial charge in [0.05, 0.1) is 29.6 Å². The Labute approximate surface area is 262 Å². The van der Waals surface area contributed by atoms with Crippen LogP contribution in [0.5, 0.6) is 6.01 Å². The van der Waals surface area contributed by atoms with E-state index in [1.54, 1.807) is 6.07 Å². The molecule has 4 aromatic rings. The molecule has 232 valence electrons. The molecule has 7 rings (SSSR count). The molecular formula is C33H31F3N6O2S. The molecule has 0 saturated carbocycles. The lowest BCUT2D eigenvalue weighted by molar-refractivity contribution is -0.131. The number of hydrogen-bond donors (Lipinski definition) is 0. The van der Waals surface area contributed by atoms with Crippen LogP contribution in [0.25, 0.3) is 32.1 Å². The fraction of sp³-hybridized carbons (Fsp3) is 0.394. The summed E-state index contributed by atoms with van der Waals surface area (Å²) in [6, 6.07) is 12.4. The molecule has 1 unspecified atom stereocenters. The van der Waals surface area contributed by atoms with Crippen LogP contribution in [0.1, 0.15) is 25.7 Å². The van der Waals surface area contributed by atoms with Crippen molar-refractivity contribution in [1.82, 2.24) is 19.8 Å². The van der Waals surface area contributed by atoms with Crippen LogP contribution in [-0.4, -0.2) is 82.8 Å². The predicted molar refractivity (Wildman–Crippen MR) is 167 cm³/mol. The largest absolute Gasteiger partial charge is 0.461 e. The van der Waals surface area contributed by atoms with Gasteiger partial charge < -0.3 is 14.5 Å². The zero-order valence-corrected chi connectivity index (χ0v) is 25.3. The van der Waals surface area contributed by atoms with E-state index in [-0.39, 0.29) is 38.7 Å². The van der Waals surface area contributed by atoms with Gasteiger partial charge in [-0.15, -0.1) is 11.3 Å². The molecule has 2 aromatic heterocycles. The van der Waals surface area contributed by atoms with Gasteiger partial charge in [-0.3, -0.25) is 9.69 Å². The average molecular weight is 633 g/mol. The number of aromatic nitrogens is 2. The number of hydrogen-bond acceptors (Lipinski definition) is 8. The van der Waals surface area contributed by atoms with E-state index in [9.17, 15) is 18.8 Å². The first-order valence-electron chi connectivity index (χ1n) is 15.0. The van der Waals surface area contributed by atoms with Crippen LogP contribution in [0.4, 0.5) is 19.0 Å². The van der Waals surface area contributed by atoms with Crippen LogP contribution in [-0.2, 0) is 4.79 Å². The number of thiophene rings is 1. The Morgan fingerprint density at radius 3 is 2.87 bits per heavy atom. The fourth-order valence-corrected chi connectivity index (χ4v) is 8.16. The Hall–Kier alpha value is -4.21. The number of halogens is 3. The highest BCUT2D eigenvalue weighted by Crippen LogP contribution is 2.41. The summed E-state index contributed by atoms with van der Waals surface area (Å²) in [5, 5.41) is 12.9. The molecule has 3 aliphatic heterocycles. The van der Waals surface area contributed by atoms with Crippen molar-refractivity contribution in [3.63, 3.8) is 0 Å². The number of rotatable bonds is 7. The van der Waals surface area contributed by atoms with Crippen molar-refractivity contribution < 1.29 is 22.7 Å². The monoisotopic (exact) mass is 632 g/mol. The van der Waals surface area contributed by atoms with Gasteiger partial charge in [-0.05, 0) is 48.4 Å². The third-order valence-electron chi connectivity index (χ3n) is 9.35. The first-order valence-corrected chi connectivity index (χ1v) is 15.9. The first-order chi connectivity index (χ1) is 21.8. The molecule has 8 nitrogen and oxygen atoms in total. The summed E-state index contributed by atoms with van der Waals surface area (Å²) in [7, 11) is 0. The highest BCUT2D eigenvalue weighted by atomic mass is 32.1. The van der Waals surface area contributed by atoms with Crippen LogP contribution in [0.2, 0.25) is 0 Å². The van der Waals surface area contributed by atoms with E-state index in [1.165, 1.54) is 22.3 Å². The number of nitriles is 1. The second-order valence-electron chi connectivity index (χ2n) is 12.1. The van der Waals surface area contributed by atoms with Gasteiger partial charge in [0.15, 0.2) is 5.83 Å². The van der Waals surface area contributed by atoms with Gasteiger partial charge in [0.2, 0.25) is 0 Å². The second kappa shape index (κ2) is 11.6. The molecule has 3 aliphatic rings. The molecule has 0 spiro atoms. The van der Waals surface area contributed by atoms with E-state index >= 15 is 4.39 Å². The Morgan fingerprint density at radius 1 is 1.18 bits per heavy atom. The Kier molecular flexibility index (Phi) is 7.61. The third kappa shape index (κ3) is 5.27. The number of carbonyl (C=O) groups excluding carboxylic acids is 1. The molecule has 0 aliphatic carbocycles. The molecule has 3 atom stereocenters. The molecule has 1 amide bonds. The van der Waals surface area contributed by atoms with Crippen molar-refractivity contribution in [2.24, 2.45) is 0 Å². The molecule has 2 aromatic carbocycles. The van der Waals surface area contributed by atoms with Crippen molar-refractivity contribution >= 4 is 44.1 Å². The quantitative estimate of drug-likeness (QED) is 0.231. The van der Waals surface area contributed by atoms with Crippen LogP contribution < -0.4 is 9.64 Å². The first kappa shape index (κ1) is 29.5. The summed E-state index contributed by atoms with van der Waals surface area (Å²) in [4.78, 5) is 27.3. The van der Waals surface area contributed by atoms with E-state index in [4.69, 9.17) is 14.7 Å². The number of fused-ring (bicyclic) bond motifs is 3. The number of nitrogens with zero attached hydrogens (tertiary/aromatic N) is 6. The minimum absolute atomic E-state index is 0.0338. The molecule has 3 fully saturated rings. The Balaban J connectivity index is 1.30. The number of carbonyl (C=O) groups is 1. The van der Waals surface area contributed by atoms with Gasteiger partial charge >= 0.3 is 6.01 Å². The van der Waals surface area contributed by atoms with Gasteiger partial charge in [0, 0.05) is 53.8 Å². The topological polar surface area (TPSA) is 85.6 Å². The number of ether oxygens (including phenoxy) is 1. The SMILES string of the molecule is C=C(F)C(=O)N1CCN(c2nc(OCC34CCCN3C[C@H](F)C4)nc3cc(-c4cccc5ccsc45)c(F)cc23)C[C@@H]1CC#N. The lowest BCUT2D eigenvalue weighted by atomic mass is 9.95. The smallest absolute Gasteiger partial charge is 0.319 e. The summed E-state index contributed by atoms with van der Waals surface area (Å²) in [6.07, 6.45) is 1.22. The minimum atomic E-state index is -1.09. The van der Waals surface area contributed by atoms with Crippen molar-refractivity contribution in [3.8, 4) is 23.2 Å². The average Bonchev–Trinajstić information content (AvgIpc) is 3.73. The summed E-state index contributed by atoms with van der Waals surface area (Å²) in [5.74, 6) is -2.00. The standard InChI is InChI=1S/C33H31F3N6O2S/c1-20(34)31(43)42-12-11-40(18-23(42)6-9-37)30-26-14-27(36)25(24-5-2-4-21-7-13-45-29(21)24)15-28(26)38-32(39-30)44-19-33-8-3-10-41(33)17-22(35)16-33/h2,4-5,7,13-15,22-23H,1,3,6,8,10-12,16-19H2/t22-,23+,33?/m1/s1. The van der Waals surface area contributed by atoms with E-state index in [2.05, 4.69) is 17.5 Å². The lowest BCUT2D eigenvalue weighted by Gasteiger charge is -2.41. The molecule has 0 bridgehead atoms. The summed E-state index contributed by atoms with van der Waals surface area (Å²) in [6.45, 7) is 5.10. The van der Waals surface area contributed by atoms with Crippen molar-refractivity contribution in [2.45, 2.75) is 43.4 Å². The maximum atomic E-state index is 16.0. The molecular weight excluding hydrogens is 601 g/mol. The number of benzene rings is 2. The number of piperazine rings is 1. The van der Waals surface area contributed by atoms with Gasteiger partial charge in [-0.2, -0.15) is 15.2 Å². The van der Waals surface area contributed by atoms with Gasteiger partial charge in [-0.25, -0.2) is 13.2 Å². The highest BCUT2D eigenvalue weighted by Gasteiger charge is 2.49. The van der Waals surface area contributed by atoms with E-state index in [0.717, 1.165) is 35.0 Å². The van der Waals surface area contributed by atoms with Gasteiger partial charge in [0.1, 0.15) is 24.4 Å². The molecule has 45 heavy (non-hydrogen) atoms. The highest BCUT2D eigenvalue weighted by molar-refractivity contribution is 7.17.